The zero-order valence-electron chi connectivity index (χ0n) is 30.5. The van der Waals surface area contributed by atoms with E-state index < -0.39 is 36.5 Å². The molecule has 0 N–H and O–H groups in total. The Bertz CT molecular complexity index is 1390. The van der Waals surface area contributed by atoms with Crippen molar-refractivity contribution in [1.29, 1.82) is 0 Å². The molecule has 0 fully saturated rings. The molecule has 0 aliphatic rings. The van der Waals surface area contributed by atoms with E-state index in [-0.39, 0.29) is 38.0 Å². The Morgan fingerprint density at radius 3 is 1.24 bits per heavy atom. The molecule has 2 aromatic heterocycles. The first-order chi connectivity index (χ1) is 23.6. The third-order valence-electron chi connectivity index (χ3n) is 7.64. The van der Waals surface area contributed by atoms with Gasteiger partial charge in [0.1, 0.15) is 25.7 Å². The van der Waals surface area contributed by atoms with Gasteiger partial charge in [-0.1, -0.05) is 73.1 Å². The fourth-order valence-electron chi connectivity index (χ4n) is 3.49. The predicted octanol–water partition coefficient (Wildman–Crippen LogP) is 11.1. The van der Waals surface area contributed by atoms with Gasteiger partial charge in [-0.2, -0.15) is 9.58 Å². The van der Waals surface area contributed by atoms with Gasteiger partial charge < -0.3 is 9.47 Å². The molecule has 4 rings (SSSR count). The van der Waals surface area contributed by atoms with Crippen molar-refractivity contribution in [3.63, 3.8) is 0 Å². The van der Waals surface area contributed by atoms with E-state index in [0.717, 1.165) is 10.8 Å². The van der Waals surface area contributed by atoms with Gasteiger partial charge in [-0.25, -0.2) is 17.6 Å². The zero-order valence-corrected chi connectivity index (χ0v) is 30.5. The van der Waals surface area contributed by atoms with E-state index in [9.17, 15) is 36.1 Å². The van der Waals surface area contributed by atoms with Gasteiger partial charge >= 0.3 is 11.9 Å². The molecule has 6 nitrogen and oxygen atoms in total. The summed E-state index contributed by atoms with van der Waals surface area (Å²) in [6.07, 6.45) is 0.960. The van der Waals surface area contributed by atoms with Crippen molar-refractivity contribution < 1.29 is 45.6 Å². The van der Waals surface area contributed by atoms with Crippen LogP contribution in [-0.4, -0.2) is 60.4 Å². The number of halogens is 6. The second kappa shape index (κ2) is 24.2. The summed E-state index contributed by atoms with van der Waals surface area (Å²) in [6, 6.07) is 18.2. The molecule has 0 spiro atoms. The lowest BCUT2D eigenvalue weighted by Gasteiger charge is -2.20. The van der Waals surface area contributed by atoms with Gasteiger partial charge in [0.05, 0.1) is 35.1 Å². The molecule has 282 valence electrons. The monoisotopic (exact) mass is 716 g/mol. The van der Waals surface area contributed by atoms with E-state index in [0.29, 0.717) is 33.5 Å². The average Bonchev–Trinajstić information content (AvgIpc) is 3.71. The number of rotatable bonds is 12. The van der Waals surface area contributed by atoms with Crippen molar-refractivity contribution in [3.8, 4) is 0 Å². The van der Waals surface area contributed by atoms with Crippen LogP contribution in [0.2, 0.25) is 0 Å². The van der Waals surface area contributed by atoms with Gasteiger partial charge in [0, 0.05) is 36.0 Å². The maximum absolute atomic E-state index is 12.7. The summed E-state index contributed by atoms with van der Waals surface area (Å²) in [5.41, 5.74) is 0.174. The summed E-state index contributed by atoms with van der Waals surface area (Å²) in [4.78, 5) is 23.9. The molecule has 0 aliphatic heterocycles. The Labute approximate surface area is 292 Å². The summed E-state index contributed by atoms with van der Waals surface area (Å²) in [7, 11) is 0. The van der Waals surface area contributed by atoms with Crippen LogP contribution in [-0.2, 0) is 19.1 Å². The van der Waals surface area contributed by atoms with Crippen molar-refractivity contribution >= 4 is 33.7 Å². The number of aromatic nitrogens is 2. The van der Waals surface area contributed by atoms with Crippen LogP contribution in [0.25, 0.3) is 21.8 Å². The summed E-state index contributed by atoms with van der Waals surface area (Å²) in [5, 5.41) is 1.87. The third-order valence-corrected chi connectivity index (χ3v) is 7.64. The first-order valence-electron chi connectivity index (χ1n) is 16.8. The van der Waals surface area contributed by atoms with Crippen molar-refractivity contribution in [1.82, 2.24) is 9.58 Å². The Balaban J connectivity index is 0.000000634. The van der Waals surface area contributed by atoms with Crippen molar-refractivity contribution in [2.75, 3.05) is 26.6 Å². The number of hydrogen-bond donors (Lipinski definition) is 0. The van der Waals surface area contributed by atoms with Crippen LogP contribution in [0.1, 0.15) is 81.1 Å². The molecular formula is C38H54F6N2O4. The SMILES string of the molecule is CC.CCC(C)(C)C(=O)OCCC(F)CF.CCC(C)(C)C(=O)OCCC(F)CF.Fn1ccc2ccccc21.Fn1ccc2ccccc21. The predicted molar refractivity (Wildman–Crippen MR) is 189 cm³/mol. The van der Waals surface area contributed by atoms with E-state index in [2.05, 4.69) is 0 Å². The van der Waals surface area contributed by atoms with Crippen LogP contribution in [0, 0.1) is 10.8 Å². The maximum atomic E-state index is 12.7. The quantitative estimate of drug-likeness (QED) is 0.108. The van der Waals surface area contributed by atoms with Crippen molar-refractivity contribution in [3.05, 3.63) is 73.1 Å². The molecule has 0 radical (unpaired) electrons. The van der Waals surface area contributed by atoms with E-state index in [1.54, 1.807) is 52.0 Å². The highest BCUT2D eigenvalue weighted by Crippen LogP contribution is 2.22. The van der Waals surface area contributed by atoms with Gasteiger partial charge in [-0.3, -0.25) is 9.59 Å². The molecule has 2 atom stereocenters. The topological polar surface area (TPSA) is 62.5 Å². The minimum atomic E-state index is -1.52. The minimum Gasteiger partial charge on any atom is -0.465 e. The van der Waals surface area contributed by atoms with Gasteiger partial charge in [0.25, 0.3) is 0 Å². The van der Waals surface area contributed by atoms with Crippen LogP contribution in [0.3, 0.4) is 0 Å². The van der Waals surface area contributed by atoms with Crippen LogP contribution in [0.5, 0.6) is 0 Å². The number of carbonyl (C=O) groups excluding carboxylic acids is 2. The number of ether oxygens (including phenoxy) is 2. The first-order valence-corrected chi connectivity index (χ1v) is 16.8. The second-order valence-electron chi connectivity index (χ2n) is 12.2. The Morgan fingerprint density at radius 1 is 0.640 bits per heavy atom. The molecule has 2 heterocycles. The van der Waals surface area contributed by atoms with E-state index in [4.69, 9.17) is 9.47 Å². The largest absolute Gasteiger partial charge is 0.465 e. The van der Waals surface area contributed by atoms with E-state index >= 15 is 0 Å². The number of alkyl halides is 4. The lowest BCUT2D eigenvalue weighted by Crippen LogP contribution is -2.26. The van der Waals surface area contributed by atoms with Crippen molar-refractivity contribution in [2.24, 2.45) is 10.8 Å². The van der Waals surface area contributed by atoms with Gasteiger partial charge in [0.2, 0.25) is 0 Å². The first kappa shape index (κ1) is 46.0. The molecule has 2 unspecified atom stereocenters. The van der Waals surface area contributed by atoms with Crippen LogP contribution >= 0.6 is 0 Å². The molecule has 50 heavy (non-hydrogen) atoms. The van der Waals surface area contributed by atoms with E-state index in [1.165, 1.54) is 12.4 Å². The average molecular weight is 717 g/mol. The number of esters is 2. The van der Waals surface area contributed by atoms with Gasteiger partial charge in [-0.05, 0) is 64.8 Å². The van der Waals surface area contributed by atoms with Crippen LogP contribution in [0.4, 0.5) is 26.5 Å². The molecule has 0 saturated heterocycles. The number of para-hydroxylation sites is 2. The summed E-state index contributed by atoms with van der Waals surface area (Å²) < 4.78 is 83.2. The number of hydrogen-bond acceptors (Lipinski definition) is 4. The van der Waals surface area contributed by atoms with Crippen LogP contribution in [0.15, 0.2) is 73.1 Å². The number of nitrogens with zero attached hydrogens (tertiary/aromatic N) is 2. The molecular weight excluding hydrogens is 662 g/mol. The normalized spacial score (nSPS) is 12.0. The molecule has 0 bridgehead atoms. The second-order valence-corrected chi connectivity index (χ2v) is 12.2. The number of fused-ring (bicyclic) bond motifs is 2. The van der Waals surface area contributed by atoms with Crippen molar-refractivity contribution in [2.45, 2.75) is 93.4 Å². The Kier molecular flexibility index (Phi) is 22.3. The molecule has 0 saturated carbocycles. The fourth-order valence-corrected chi connectivity index (χ4v) is 3.49. The number of carbonyl (C=O) groups is 2. The molecule has 2 aromatic carbocycles. The minimum absolute atomic E-state index is 0.0483. The summed E-state index contributed by atoms with van der Waals surface area (Å²) in [5.74, 6) is -0.711. The standard InChI is InChI=1S/2C10H18F2O2.2C8H6FN.C2H6/c2*1-4-10(2,3)9(13)14-6-5-8(12)7-11;2*9-10-6-5-7-3-1-2-4-8(7)10;1-2/h2*8H,4-7H2,1-3H3;2*1-6H;1-2H3. The Morgan fingerprint density at radius 2 is 0.960 bits per heavy atom. The summed E-state index contributed by atoms with van der Waals surface area (Å²) in [6.45, 7) is 12.7. The lowest BCUT2D eigenvalue weighted by molar-refractivity contribution is -0.155. The highest BCUT2D eigenvalue weighted by atomic mass is 19.2. The zero-order chi connectivity index (χ0) is 38.3. The smallest absolute Gasteiger partial charge is 0.311 e. The number of benzene rings is 2. The summed E-state index contributed by atoms with van der Waals surface area (Å²) >= 11 is 0. The fraction of sp³-hybridized carbons (Fsp3) is 0.526. The highest BCUT2D eigenvalue weighted by molar-refractivity contribution is 5.80. The molecule has 12 heteroatoms. The van der Waals surface area contributed by atoms with Gasteiger partial charge in [0.15, 0.2) is 0 Å². The highest BCUT2D eigenvalue weighted by Gasteiger charge is 2.28. The maximum Gasteiger partial charge on any atom is 0.311 e. The third kappa shape index (κ3) is 16.6. The van der Waals surface area contributed by atoms with Crippen LogP contribution < -0.4 is 0 Å². The molecule has 0 amide bonds. The van der Waals surface area contributed by atoms with Gasteiger partial charge in [-0.15, -0.1) is 0 Å². The molecule has 0 aliphatic carbocycles. The Hall–Kier alpha value is -3.96. The lowest BCUT2D eigenvalue weighted by atomic mass is 9.91. The molecule has 4 aromatic rings. The van der Waals surface area contributed by atoms with E-state index in [1.807, 2.05) is 64.1 Å².